The first kappa shape index (κ1) is 27.6. The van der Waals surface area contributed by atoms with E-state index >= 15 is 0 Å². The van der Waals surface area contributed by atoms with Crippen LogP contribution in [0.15, 0.2) is 155 Å². The Morgan fingerprint density at radius 1 is 0.458 bits per heavy atom. The van der Waals surface area contributed by atoms with Crippen LogP contribution in [-0.2, 0) is 5.41 Å². The predicted molar refractivity (Wildman–Crippen MR) is 200 cm³/mol. The summed E-state index contributed by atoms with van der Waals surface area (Å²) in [5.74, 6) is 0.738. The molecule has 0 saturated heterocycles. The maximum absolute atomic E-state index is 5.33. The van der Waals surface area contributed by atoms with E-state index in [9.17, 15) is 0 Å². The lowest BCUT2D eigenvalue weighted by molar-refractivity contribution is 0.609. The molecule has 10 rings (SSSR count). The van der Waals surface area contributed by atoms with Gasteiger partial charge in [0, 0.05) is 31.7 Å². The van der Waals surface area contributed by atoms with Gasteiger partial charge in [0.2, 0.25) is 0 Å². The van der Waals surface area contributed by atoms with Gasteiger partial charge >= 0.3 is 0 Å². The van der Waals surface area contributed by atoms with Crippen LogP contribution in [0.2, 0.25) is 0 Å². The monoisotopic (exact) mass is 630 g/mol. The fraction of sp³-hybridized carbons (Fsp3) is 0.0667. The topological polar surface area (TPSA) is 25.8 Å². The molecule has 1 aromatic heterocycles. The van der Waals surface area contributed by atoms with Crippen molar-refractivity contribution in [1.82, 2.24) is 9.97 Å². The molecule has 7 aromatic carbocycles. The minimum atomic E-state index is -0.107. The molecule has 0 spiro atoms. The van der Waals surface area contributed by atoms with Crippen LogP contribution in [0.5, 0.6) is 0 Å². The van der Waals surface area contributed by atoms with E-state index in [0.717, 1.165) is 33.5 Å². The Morgan fingerprint density at radius 2 is 1.06 bits per heavy atom. The Hall–Kier alpha value is -5.51. The second-order valence-corrected chi connectivity index (χ2v) is 14.4. The normalized spacial score (nSPS) is 13.7. The van der Waals surface area contributed by atoms with Crippen molar-refractivity contribution >= 4 is 33.4 Å². The summed E-state index contributed by atoms with van der Waals surface area (Å²) in [6, 6.07) is 52.7. The minimum absolute atomic E-state index is 0.107. The van der Waals surface area contributed by atoms with Crippen LogP contribution in [0.4, 0.5) is 0 Å². The van der Waals surface area contributed by atoms with Crippen molar-refractivity contribution < 1.29 is 0 Å². The van der Waals surface area contributed by atoms with Crippen LogP contribution in [0.3, 0.4) is 0 Å². The van der Waals surface area contributed by atoms with Gasteiger partial charge in [0.05, 0.1) is 11.2 Å². The third-order valence-corrected chi connectivity index (χ3v) is 11.4. The lowest BCUT2D eigenvalue weighted by Crippen LogP contribution is -2.24. The molecule has 0 unspecified atom stereocenters. The number of nitrogens with zero attached hydrogens (tertiary/aromatic N) is 2. The first-order chi connectivity index (χ1) is 23.6. The van der Waals surface area contributed by atoms with E-state index in [1.165, 1.54) is 65.1 Å². The van der Waals surface area contributed by atoms with Gasteiger partial charge in [0.25, 0.3) is 0 Å². The van der Waals surface area contributed by atoms with Crippen molar-refractivity contribution in [2.45, 2.75) is 29.1 Å². The molecule has 0 radical (unpaired) electrons. The van der Waals surface area contributed by atoms with Crippen molar-refractivity contribution in [3.63, 3.8) is 0 Å². The Morgan fingerprint density at radius 3 is 1.92 bits per heavy atom. The smallest absolute Gasteiger partial charge is 0.160 e. The first-order valence-corrected chi connectivity index (χ1v) is 17.3. The van der Waals surface area contributed by atoms with Crippen molar-refractivity contribution in [3.8, 4) is 56.0 Å². The molecule has 0 amide bonds. The highest BCUT2D eigenvalue weighted by Gasteiger charge is 2.35. The Balaban J connectivity index is 1.10. The fourth-order valence-corrected chi connectivity index (χ4v) is 9.48. The van der Waals surface area contributed by atoms with Crippen molar-refractivity contribution in [2.75, 3.05) is 0 Å². The second-order valence-electron chi connectivity index (χ2n) is 13.3. The third kappa shape index (κ3) is 3.95. The number of aromatic nitrogens is 2. The van der Waals surface area contributed by atoms with Crippen LogP contribution >= 0.6 is 11.8 Å². The molecule has 1 aliphatic carbocycles. The lowest BCUT2D eigenvalue weighted by atomic mass is 9.74. The number of fused-ring (bicyclic) bond motifs is 6. The van der Waals surface area contributed by atoms with Crippen LogP contribution in [0, 0.1) is 0 Å². The molecule has 2 aliphatic rings. The van der Waals surface area contributed by atoms with Gasteiger partial charge in [-0.25, -0.2) is 9.97 Å². The SMILES string of the molecule is CC1(C)c2ccccc2Sc2cccc(-c3ccc(-c4nc(-c5ccc6c7c(cccc57)-c5ccccc5-6)c5ccccc5n4)cc3)c21. The molecule has 0 saturated carbocycles. The quantitative estimate of drug-likeness (QED) is 0.194. The highest BCUT2D eigenvalue weighted by atomic mass is 32.2. The molecule has 0 fully saturated rings. The summed E-state index contributed by atoms with van der Waals surface area (Å²) in [5.41, 5.74) is 14.4. The summed E-state index contributed by atoms with van der Waals surface area (Å²) < 4.78 is 0. The van der Waals surface area contributed by atoms with Gasteiger partial charge in [0.1, 0.15) is 0 Å². The first-order valence-electron chi connectivity index (χ1n) is 16.5. The Kier molecular flexibility index (Phi) is 5.89. The summed E-state index contributed by atoms with van der Waals surface area (Å²) in [7, 11) is 0. The molecule has 8 aromatic rings. The molecule has 2 heterocycles. The number of hydrogen-bond donors (Lipinski definition) is 0. The Bertz CT molecular complexity index is 2590. The van der Waals surface area contributed by atoms with Crippen molar-refractivity contribution in [1.29, 1.82) is 0 Å². The fourth-order valence-electron chi connectivity index (χ4n) is 8.05. The van der Waals surface area contributed by atoms with Crippen LogP contribution < -0.4 is 0 Å². The van der Waals surface area contributed by atoms with Gasteiger partial charge < -0.3 is 0 Å². The van der Waals surface area contributed by atoms with Gasteiger partial charge in [0.15, 0.2) is 5.82 Å². The van der Waals surface area contributed by atoms with Gasteiger partial charge in [-0.15, -0.1) is 0 Å². The van der Waals surface area contributed by atoms with Crippen molar-refractivity contribution in [2.24, 2.45) is 0 Å². The molecule has 0 atom stereocenters. The average molecular weight is 631 g/mol. The van der Waals surface area contributed by atoms with E-state index in [1.807, 2.05) is 11.8 Å². The van der Waals surface area contributed by atoms with Crippen LogP contribution in [0.25, 0.3) is 77.7 Å². The van der Waals surface area contributed by atoms with Crippen LogP contribution in [-0.4, -0.2) is 9.97 Å². The summed E-state index contributed by atoms with van der Waals surface area (Å²) in [6.45, 7) is 4.71. The van der Waals surface area contributed by atoms with Gasteiger partial charge in [-0.2, -0.15) is 0 Å². The molecule has 3 heteroatoms. The molecule has 0 N–H and O–H groups in total. The molecule has 226 valence electrons. The zero-order chi connectivity index (χ0) is 32.0. The number of benzene rings is 7. The van der Waals surface area contributed by atoms with Gasteiger partial charge in [-0.1, -0.05) is 153 Å². The zero-order valence-electron chi connectivity index (χ0n) is 26.7. The van der Waals surface area contributed by atoms with Crippen molar-refractivity contribution in [3.05, 3.63) is 157 Å². The standard InChI is InChI=1S/C45H30N2S/c1-45(2)37-17-6-8-19-39(37)48-40-20-10-14-29(42(40)45)27-21-23-28(24-22-27)44-46-38-18-7-5-13-36(38)43(47-44)35-26-25-34-31-12-4-3-11-30(31)32-15-9-16-33(35)41(32)34/h3-26H,1-2H3. The molecular formula is C45H30N2S. The minimum Gasteiger partial charge on any atom is -0.228 e. The highest BCUT2D eigenvalue weighted by Crippen LogP contribution is 2.52. The Labute approximate surface area is 284 Å². The average Bonchev–Trinajstić information content (AvgIpc) is 3.46. The maximum atomic E-state index is 5.33. The zero-order valence-corrected chi connectivity index (χ0v) is 27.5. The summed E-state index contributed by atoms with van der Waals surface area (Å²) in [5, 5.41) is 3.59. The van der Waals surface area contributed by atoms with Gasteiger partial charge in [-0.05, 0) is 73.5 Å². The van der Waals surface area contributed by atoms with E-state index in [2.05, 4.69) is 159 Å². The summed E-state index contributed by atoms with van der Waals surface area (Å²) >= 11 is 1.88. The largest absolute Gasteiger partial charge is 0.228 e. The lowest BCUT2D eigenvalue weighted by Gasteiger charge is -2.36. The van der Waals surface area contributed by atoms with Gasteiger partial charge in [-0.3, -0.25) is 0 Å². The highest BCUT2D eigenvalue weighted by molar-refractivity contribution is 7.99. The van der Waals surface area contributed by atoms with E-state index in [4.69, 9.17) is 9.97 Å². The van der Waals surface area contributed by atoms with E-state index in [-0.39, 0.29) is 5.41 Å². The van der Waals surface area contributed by atoms with E-state index < -0.39 is 0 Å². The van der Waals surface area contributed by atoms with E-state index in [1.54, 1.807) is 0 Å². The van der Waals surface area contributed by atoms with E-state index in [0.29, 0.717) is 0 Å². The van der Waals surface area contributed by atoms with Crippen LogP contribution in [0.1, 0.15) is 25.0 Å². The molecule has 48 heavy (non-hydrogen) atoms. The number of rotatable bonds is 3. The third-order valence-electron chi connectivity index (χ3n) is 10.3. The molecule has 1 aliphatic heterocycles. The summed E-state index contributed by atoms with van der Waals surface area (Å²) in [4.78, 5) is 13.1. The molecule has 2 nitrogen and oxygen atoms in total. The maximum Gasteiger partial charge on any atom is 0.160 e. The molecule has 0 bridgehead atoms. The second kappa shape index (κ2) is 10.2. The summed E-state index contributed by atoms with van der Waals surface area (Å²) in [6.07, 6.45) is 0. The molecular weight excluding hydrogens is 601 g/mol. The number of para-hydroxylation sites is 1. The number of hydrogen-bond acceptors (Lipinski definition) is 3. The predicted octanol–water partition coefficient (Wildman–Crippen LogP) is 12.2.